The molecular weight excluding hydrogens is 236 g/mol. The molecule has 2 aromatic rings. The number of hydrogen-bond donors (Lipinski definition) is 2. The molecule has 1 aromatic carbocycles. The van der Waals surface area contributed by atoms with E-state index in [9.17, 15) is 0 Å². The van der Waals surface area contributed by atoms with Gasteiger partial charge in [-0.3, -0.25) is 11.3 Å². The van der Waals surface area contributed by atoms with E-state index in [-0.39, 0.29) is 6.04 Å². The first-order chi connectivity index (χ1) is 9.28. The second-order valence-corrected chi connectivity index (χ2v) is 5.26. The van der Waals surface area contributed by atoms with Gasteiger partial charge < -0.3 is 4.57 Å². The van der Waals surface area contributed by atoms with E-state index in [4.69, 9.17) is 5.84 Å². The van der Waals surface area contributed by atoms with Gasteiger partial charge in [0.1, 0.15) is 5.82 Å². The van der Waals surface area contributed by atoms with Crippen LogP contribution in [0.4, 0.5) is 0 Å². The maximum absolute atomic E-state index is 5.73. The third kappa shape index (κ3) is 2.41. The summed E-state index contributed by atoms with van der Waals surface area (Å²) in [6, 6.07) is 6.86. The molecule has 4 nitrogen and oxygen atoms in total. The molecule has 1 aliphatic rings. The Morgan fingerprint density at radius 2 is 2.21 bits per heavy atom. The Morgan fingerprint density at radius 3 is 2.95 bits per heavy atom. The van der Waals surface area contributed by atoms with Crippen LogP contribution in [0.3, 0.4) is 0 Å². The monoisotopic (exact) mass is 256 g/mol. The Morgan fingerprint density at radius 1 is 1.37 bits per heavy atom. The van der Waals surface area contributed by atoms with Gasteiger partial charge in [0, 0.05) is 25.9 Å². The summed E-state index contributed by atoms with van der Waals surface area (Å²) in [7, 11) is 2.01. The van der Waals surface area contributed by atoms with Gasteiger partial charge in [-0.05, 0) is 36.0 Å². The number of rotatable bonds is 4. The number of hydrogen-bond acceptors (Lipinski definition) is 3. The lowest BCUT2D eigenvalue weighted by Crippen LogP contribution is -2.30. The minimum atomic E-state index is 0.118. The number of aryl methyl sites for hydroxylation is 3. The highest BCUT2D eigenvalue weighted by Crippen LogP contribution is 2.26. The smallest absolute Gasteiger partial charge is 0.110 e. The van der Waals surface area contributed by atoms with Crippen molar-refractivity contribution >= 4 is 0 Å². The zero-order valence-corrected chi connectivity index (χ0v) is 11.3. The Bertz CT molecular complexity index is 573. The summed E-state index contributed by atoms with van der Waals surface area (Å²) in [5.41, 5.74) is 7.16. The molecule has 1 aliphatic carbocycles. The van der Waals surface area contributed by atoms with Crippen molar-refractivity contribution < 1.29 is 0 Å². The fraction of sp³-hybridized carbons (Fsp3) is 0.400. The number of imidazole rings is 1. The van der Waals surface area contributed by atoms with Crippen molar-refractivity contribution in [2.45, 2.75) is 31.7 Å². The predicted molar refractivity (Wildman–Crippen MR) is 75.4 cm³/mol. The normalized spacial score (nSPS) is 15.5. The third-order valence-corrected chi connectivity index (χ3v) is 4.03. The molecule has 0 saturated heterocycles. The van der Waals surface area contributed by atoms with Crippen molar-refractivity contribution in [1.82, 2.24) is 15.0 Å². The fourth-order valence-electron chi connectivity index (χ4n) is 2.86. The second kappa shape index (κ2) is 5.15. The minimum Gasteiger partial charge on any atom is -0.338 e. The number of nitrogens with one attached hydrogen (secondary N) is 1. The number of hydrazine groups is 1. The van der Waals surface area contributed by atoms with Crippen LogP contribution in [0.5, 0.6) is 0 Å². The van der Waals surface area contributed by atoms with Crippen LogP contribution in [-0.4, -0.2) is 9.55 Å². The van der Waals surface area contributed by atoms with Gasteiger partial charge in [-0.2, -0.15) is 0 Å². The van der Waals surface area contributed by atoms with E-state index in [1.165, 1.54) is 36.0 Å². The molecule has 0 fully saturated rings. The Balaban J connectivity index is 1.84. The van der Waals surface area contributed by atoms with E-state index in [1.807, 2.05) is 24.0 Å². The third-order valence-electron chi connectivity index (χ3n) is 4.03. The first kappa shape index (κ1) is 12.4. The predicted octanol–water partition coefficient (Wildman–Crippen LogP) is 1.66. The topological polar surface area (TPSA) is 55.9 Å². The van der Waals surface area contributed by atoms with E-state index in [0.29, 0.717) is 0 Å². The molecule has 1 unspecified atom stereocenters. The summed E-state index contributed by atoms with van der Waals surface area (Å²) in [5.74, 6) is 6.77. The maximum atomic E-state index is 5.73. The van der Waals surface area contributed by atoms with Gasteiger partial charge in [0.2, 0.25) is 0 Å². The molecule has 0 radical (unpaired) electrons. The van der Waals surface area contributed by atoms with Gasteiger partial charge in [-0.15, -0.1) is 0 Å². The molecule has 3 N–H and O–H groups in total. The molecule has 0 saturated carbocycles. The Kier molecular flexibility index (Phi) is 3.36. The molecule has 0 spiro atoms. The number of aromatic nitrogens is 2. The van der Waals surface area contributed by atoms with Gasteiger partial charge in [0.15, 0.2) is 0 Å². The van der Waals surface area contributed by atoms with Gasteiger partial charge in [0.05, 0.1) is 6.04 Å². The SMILES string of the molecule is Cn1ccnc1CC(NN)c1ccc2c(c1)CCC2. The lowest BCUT2D eigenvalue weighted by molar-refractivity contribution is 0.530. The van der Waals surface area contributed by atoms with Crippen LogP contribution in [0, 0.1) is 0 Å². The van der Waals surface area contributed by atoms with Crippen molar-refractivity contribution in [3.63, 3.8) is 0 Å². The van der Waals surface area contributed by atoms with E-state index in [2.05, 4.69) is 28.6 Å². The number of nitrogens with two attached hydrogens (primary N) is 1. The summed E-state index contributed by atoms with van der Waals surface area (Å²) in [5, 5.41) is 0. The molecule has 19 heavy (non-hydrogen) atoms. The van der Waals surface area contributed by atoms with Crippen LogP contribution >= 0.6 is 0 Å². The van der Waals surface area contributed by atoms with Gasteiger partial charge >= 0.3 is 0 Å². The van der Waals surface area contributed by atoms with Crippen molar-refractivity contribution in [2.24, 2.45) is 12.9 Å². The van der Waals surface area contributed by atoms with Gasteiger partial charge in [-0.1, -0.05) is 18.2 Å². The molecule has 3 rings (SSSR count). The molecule has 1 heterocycles. The van der Waals surface area contributed by atoms with Crippen LogP contribution in [0.15, 0.2) is 30.6 Å². The first-order valence-corrected chi connectivity index (χ1v) is 6.82. The average molecular weight is 256 g/mol. The molecule has 0 amide bonds. The van der Waals surface area contributed by atoms with Crippen LogP contribution in [0.1, 0.15) is 35.0 Å². The highest BCUT2D eigenvalue weighted by molar-refractivity contribution is 5.36. The Labute approximate surface area is 113 Å². The minimum absolute atomic E-state index is 0.118. The summed E-state index contributed by atoms with van der Waals surface area (Å²) in [4.78, 5) is 4.37. The maximum Gasteiger partial charge on any atom is 0.110 e. The summed E-state index contributed by atoms with van der Waals surface area (Å²) in [6.45, 7) is 0. The number of fused-ring (bicyclic) bond motifs is 1. The molecule has 1 atom stereocenters. The number of benzene rings is 1. The molecule has 4 heteroatoms. The van der Waals surface area contributed by atoms with Crippen LogP contribution in [-0.2, 0) is 26.3 Å². The lowest BCUT2D eigenvalue weighted by atomic mass is 9.99. The van der Waals surface area contributed by atoms with Crippen molar-refractivity contribution in [2.75, 3.05) is 0 Å². The largest absolute Gasteiger partial charge is 0.338 e. The van der Waals surface area contributed by atoms with E-state index < -0.39 is 0 Å². The van der Waals surface area contributed by atoms with Crippen LogP contribution in [0.2, 0.25) is 0 Å². The zero-order valence-electron chi connectivity index (χ0n) is 11.3. The first-order valence-electron chi connectivity index (χ1n) is 6.82. The highest BCUT2D eigenvalue weighted by Gasteiger charge is 2.17. The summed E-state index contributed by atoms with van der Waals surface area (Å²) in [6.07, 6.45) is 8.29. The molecule has 100 valence electrons. The lowest BCUT2D eigenvalue weighted by Gasteiger charge is -2.17. The highest BCUT2D eigenvalue weighted by atomic mass is 15.2. The van der Waals surface area contributed by atoms with Crippen LogP contribution in [0.25, 0.3) is 0 Å². The van der Waals surface area contributed by atoms with E-state index >= 15 is 0 Å². The molecule has 0 bridgehead atoms. The Hall–Kier alpha value is -1.65. The van der Waals surface area contributed by atoms with Gasteiger partial charge in [0.25, 0.3) is 0 Å². The van der Waals surface area contributed by atoms with Crippen molar-refractivity contribution in [1.29, 1.82) is 0 Å². The standard InChI is InChI=1S/C15H20N4/c1-19-8-7-17-15(19)10-14(18-16)13-6-5-11-3-2-4-12(11)9-13/h5-9,14,18H,2-4,10,16H2,1H3. The molecular formula is C15H20N4. The zero-order chi connectivity index (χ0) is 13.2. The van der Waals surface area contributed by atoms with Crippen molar-refractivity contribution in [3.8, 4) is 0 Å². The van der Waals surface area contributed by atoms with Crippen LogP contribution < -0.4 is 11.3 Å². The quantitative estimate of drug-likeness (QED) is 0.646. The second-order valence-electron chi connectivity index (χ2n) is 5.26. The van der Waals surface area contributed by atoms with Gasteiger partial charge in [-0.25, -0.2) is 4.98 Å². The fourth-order valence-corrected chi connectivity index (χ4v) is 2.86. The summed E-state index contributed by atoms with van der Waals surface area (Å²) >= 11 is 0. The van der Waals surface area contributed by atoms with E-state index in [1.54, 1.807) is 0 Å². The van der Waals surface area contributed by atoms with Crippen molar-refractivity contribution in [3.05, 3.63) is 53.1 Å². The average Bonchev–Trinajstić information content (AvgIpc) is 3.04. The summed E-state index contributed by atoms with van der Waals surface area (Å²) < 4.78 is 2.04. The molecule has 0 aliphatic heterocycles. The van der Waals surface area contributed by atoms with E-state index in [0.717, 1.165) is 12.2 Å². The molecule has 1 aromatic heterocycles. The number of nitrogens with zero attached hydrogens (tertiary/aromatic N) is 2.